The molecule has 0 aliphatic carbocycles. The quantitative estimate of drug-likeness (QED) is 0.348. The lowest BCUT2D eigenvalue weighted by Crippen LogP contribution is -2.00. The molecule has 0 saturated carbocycles. The molecule has 0 amide bonds. The number of phenols is 4. The van der Waals surface area contributed by atoms with Crippen LogP contribution in [-0.4, -0.2) is 48.8 Å². The number of carboxylic acid groups (broad SMARTS) is 1. The summed E-state index contributed by atoms with van der Waals surface area (Å²) in [5.74, 6) is -6.30. The van der Waals surface area contributed by atoms with E-state index in [0.717, 1.165) is 0 Å². The zero-order valence-corrected chi connectivity index (χ0v) is 13.2. The fraction of sp³-hybridized carbons (Fsp3) is 0.0625. The maximum Gasteiger partial charge on any atom is 0.343 e. The fourth-order valence-corrected chi connectivity index (χ4v) is 2.14. The summed E-state index contributed by atoms with van der Waals surface area (Å²) in [6.45, 7) is 0. The van der Waals surface area contributed by atoms with Gasteiger partial charge in [-0.1, -0.05) is 23.4 Å². The molecule has 0 saturated heterocycles. The van der Waals surface area contributed by atoms with E-state index >= 15 is 0 Å². The van der Waals surface area contributed by atoms with Crippen LogP contribution in [0.5, 0.6) is 23.0 Å². The predicted molar refractivity (Wildman–Crippen MR) is 85.8 cm³/mol. The molecular weight excluding hydrogens is 351 g/mol. The Kier molecular flexibility index (Phi) is 5.26. The predicted octanol–water partition coefficient (Wildman–Crippen LogP) is 2.51. The van der Waals surface area contributed by atoms with Gasteiger partial charge in [-0.05, 0) is 12.1 Å². The molecule has 3 rings (SSSR count). The first-order valence-electron chi connectivity index (χ1n) is 6.92. The summed E-state index contributed by atoms with van der Waals surface area (Å²) in [5, 5.41) is 51.8. The molecule has 0 unspecified atom stereocenters. The van der Waals surface area contributed by atoms with Gasteiger partial charge in [0.2, 0.25) is 11.6 Å². The van der Waals surface area contributed by atoms with Crippen molar-refractivity contribution >= 4 is 5.97 Å². The van der Waals surface area contributed by atoms with E-state index in [0.29, 0.717) is 12.7 Å². The van der Waals surface area contributed by atoms with E-state index in [4.69, 9.17) is 9.63 Å². The van der Waals surface area contributed by atoms with Crippen molar-refractivity contribution in [3.63, 3.8) is 0 Å². The van der Waals surface area contributed by atoms with Crippen molar-refractivity contribution in [3.8, 4) is 45.8 Å². The van der Waals surface area contributed by atoms with Gasteiger partial charge in [0.15, 0.2) is 11.5 Å². The second-order valence-electron chi connectivity index (χ2n) is 4.74. The number of rotatable bonds is 3. The molecular formula is C16H13FN2O7. The lowest BCUT2D eigenvalue weighted by molar-refractivity contribution is 0.0689. The topological polar surface area (TPSA) is 157 Å². The number of phenolic OH excluding ortho intramolecular Hbond substituents is 2. The second-order valence-corrected chi connectivity index (χ2v) is 4.74. The van der Waals surface area contributed by atoms with Gasteiger partial charge in [0.05, 0.1) is 7.18 Å². The standard InChI is InChI=1S/C15H10N2O7.CH3F/c18-9-7(10(19)12(21)11(20)8(9)15(22)23)13-16-14(24-17-13)6-4-2-1-3-5-6;1-2/h1-5,18-21H,(H,22,23);1H3. The molecule has 0 aliphatic rings. The van der Waals surface area contributed by atoms with Crippen molar-refractivity contribution in [1.82, 2.24) is 10.1 Å². The molecule has 10 heteroatoms. The number of aromatic carboxylic acids is 1. The van der Waals surface area contributed by atoms with Crippen LogP contribution in [0, 0.1) is 0 Å². The zero-order valence-electron chi connectivity index (χ0n) is 13.2. The van der Waals surface area contributed by atoms with Crippen LogP contribution in [0.2, 0.25) is 0 Å². The molecule has 5 N–H and O–H groups in total. The van der Waals surface area contributed by atoms with Crippen LogP contribution in [0.15, 0.2) is 34.9 Å². The largest absolute Gasteiger partial charge is 0.506 e. The highest BCUT2D eigenvalue weighted by Gasteiger charge is 2.30. The van der Waals surface area contributed by atoms with E-state index in [1.807, 2.05) is 0 Å². The summed E-state index contributed by atoms with van der Waals surface area (Å²) < 4.78 is 14.5. The molecule has 0 fully saturated rings. The SMILES string of the molecule is CF.O=C(O)c1c(O)c(O)c(O)c(-c2noc(-c3ccccc3)n2)c1O. The van der Waals surface area contributed by atoms with Crippen molar-refractivity contribution in [2.45, 2.75) is 0 Å². The maximum absolute atomic E-state index is 11.1. The number of halogens is 1. The molecule has 0 atom stereocenters. The Balaban J connectivity index is 0.00000117. The molecule has 26 heavy (non-hydrogen) atoms. The molecule has 0 aliphatic heterocycles. The minimum Gasteiger partial charge on any atom is -0.506 e. The van der Waals surface area contributed by atoms with Gasteiger partial charge in [0, 0.05) is 5.56 Å². The number of carbonyl (C=O) groups is 1. The summed E-state index contributed by atoms with van der Waals surface area (Å²) in [6, 6.07) is 8.57. The number of aromatic nitrogens is 2. The number of benzene rings is 2. The summed E-state index contributed by atoms with van der Waals surface area (Å²) in [6.07, 6.45) is 0. The number of alkyl halides is 1. The van der Waals surface area contributed by atoms with Crippen LogP contribution in [0.1, 0.15) is 10.4 Å². The van der Waals surface area contributed by atoms with Gasteiger partial charge in [-0.2, -0.15) is 4.98 Å². The van der Waals surface area contributed by atoms with Gasteiger partial charge in [-0.3, -0.25) is 4.39 Å². The van der Waals surface area contributed by atoms with E-state index in [1.165, 1.54) is 0 Å². The number of hydrogen-bond acceptors (Lipinski definition) is 8. The fourth-order valence-electron chi connectivity index (χ4n) is 2.14. The van der Waals surface area contributed by atoms with E-state index in [-0.39, 0.29) is 11.7 Å². The van der Waals surface area contributed by atoms with E-state index in [9.17, 15) is 29.6 Å². The Hall–Kier alpha value is -3.82. The average Bonchev–Trinajstić information content (AvgIpc) is 3.12. The van der Waals surface area contributed by atoms with Crippen molar-refractivity contribution < 1.29 is 39.2 Å². The first-order chi connectivity index (χ1) is 12.4. The van der Waals surface area contributed by atoms with Crippen LogP contribution < -0.4 is 0 Å². The van der Waals surface area contributed by atoms with Gasteiger partial charge in [0.25, 0.3) is 5.89 Å². The molecule has 3 aromatic rings. The Morgan fingerprint density at radius 1 is 0.962 bits per heavy atom. The maximum atomic E-state index is 11.1. The molecule has 9 nitrogen and oxygen atoms in total. The highest BCUT2D eigenvalue weighted by Crippen LogP contribution is 2.50. The van der Waals surface area contributed by atoms with Crippen LogP contribution in [0.4, 0.5) is 4.39 Å². The Morgan fingerprint density at radius 3 is 2.15 bits per heavy atom. The van der Waals surface area contributed by atoms with Gasteiger partial charge < -0.3 is 30.1 Å². The van der Waals surface area contributed by atoms with E-state index in [2.05, 4.69) is 10.1 Å². The summed E-state index contributed by atoms with van der Waals surface area (Å²) in [5.41, 5.74) is -1.02. The van der Waals surface area contributed by atoms with Gasteiger partial charge in [0.1, 0.15) is 16.9 Å². The summed E-state index contributed by atoms with van der Waals surface area (Å²) in [7, 11) is 0.500. The van der Waals surface area contributed by atoms with Crippen LogP contribution in [-0.2, 0) is 0 Å². The third kappa shape index (κ3) is 3.07. The minimum atomic E-state index is -1.71. The lowest BCUT2D eigenvalue weighted by Gasteiger charge is -2.10. The van der Waals surface area contributed by atoms with Crippen molar-refractivity contribution in [1.29, 1.82) is 0 Å². The van der Waals surface area contributed by atoms with Crippen molar-refractivity contribution in [2.75, 3.05) is 7.18 Å². The van der Waals surface area contributed by atoms with Crippen molar-refractivity contribution in [3.05, 3.63) is 35.9 Å². The first-order valence-corrected chi connectivity index (χ1v) is 6.92. The molecule has 1 heterocycles. The van der Waals surface area contributed by atoms with Crippen LogP contribution in [0.25, 0.3) is 22.8 Å². The van der Waals surface area contributed by atoms with E-state index < -0.39 is 40.1 Å². The molecule has 0 radical (unpaired) electrons. The summed E-state index contributed by atoms with van der Waals surface area (Å²) >= 11 is 0. The smallest absolute Gasteiger partial charge is 0.343 e. The zero-order chi connectivity index (χ0) is 19.4. The second kappa shape index (κ2) is 7.38. The lowest BCUT2D eigenvalue weighted by atomic mass is 10.0. The van der Waals surface area contributed by atoms with Crippen molar-refractivity contribution in [2.24, 2.45) is 0 Å². The molecule has 136 valence electrons. The van der Waals surface area contributed by atoms with Crippen LogP contribution in [0.3, 0.4) is 0 Å². The highest BCUT2D eigenvalue weighted by atomic mass is 19.1. The normalized spacial score (nSPS) is 10.1. The number of carboxylic acids is 1. The Morgan fingerprint density at radius 2 is 1.58 bits per heavy atom. The Labute approximate surface area is 145 Å². The van der Waals surface area contributed by atoms with Gasteiger partial charge in [-0.15, -0.1) is 0 Å². The average molecular weight is 364 g/mol. The molecule has 0 spiro atoms. The highest BCUT2D eigenvalue weighted by molar-refractivity contribution is 5.99. The first kappa shape index (κ1) is 18.5. The number of nitrogens with zero attached hydrogens (tertiary/aromatic N) is 2. The minimum absolute atomic E-state index is 0.0499. The van der Waals surface area contributed by atoms with Crippen LogP contribution >= 0.6 is 0 Å². The summed E-state index contributed by atoms with van der Waals surface area (Å²) in [4.78, 5) is 15.1. The number of hydrogen-bond donors (Lipinski definition) is 5. The third-order valence-corrected chi connectivity index (χ3v) is 3.28. The molecule has 2 aromatic carbocycles. The monoisotopic (exact) mass is 364 g/mol. The Bertz CT molecular complexity index is 942. The third-order valence-electron chi connectivity index (χ3n) is 3.28. The van der Waals surface area contributed by atoms with Gasteiger partial charge >= 0.3 is 5.97 Å². The van der Waals surface area contributed by atoms with E-state index in [1.54, 1.807) is 30.3 Å². The molecule has 1 aromatic heterocycles. The van der Waals surface area contributed by atoms with Gasteiger partial charge in [-0.25, -0.2) is 4.79 Å². The molecule has 0 bridgehead atoms. The number of aromatic hydroxyl groups is 4.